The number of hydrogen-bond acceptors (Lipinski definition) is 4. The number of rotatable bonds is 2. The van der Waals surface area contributed by atoms with E-state index in [1.54, 1.807) is 37.3 Å². The second-order valence-corrected chi connectivity index (χ2v) is 5.03. The van der Waals surface area contributed by atoms with Gasteiger partial charge in [-0.2, -0.15) is 4.68 Å². The highest BCUT2D eigenvalue weighted by atomic mass is 35.5. The molecule has 2 N–H and O–H groups in total. The van der Waals surface area contributed by atoms with Crippen molar-refractivity contribution in [2.75, 3.05) is 5.73 Å². The van der Waals surface area contributed by atoms with Crippen LogP contribution in [0.15, 0.2) is 36.4 Å². The molecule has 21 heavy (non-hydrogen) atoms. The Labute approximate surface area is 125 Å². The lowest BCUT2D eigenvalue weighted by atomic mass is 10.1. The number of tetrazole rings is 1. The Hall–Kier alpha value is -2.47. The standard InChI is InChI=1S/C14H11ClFN5/c1-8-3-2-4-12(16)13(8)21-14(18-19-20-21)9-5-10(15)7-11(17)6-9/h2-7H,17H2,1H3. The molecule has 0 aliphatic carbocycles. The number of anilines is 1. The van der Waals surface area contributed by atoms with Crippen LogP contribution >= 0.6 is 11.6 Å². The molecule has 0 amide bonds. The highest BCUT2D eigenvalue weighted by Gasteiger charge is 2.16. The van der Waals surface area contributed by atoms with Gasteiger partial charge in [0, 0.05) is 16.3 Å². The molecule has 0 radical (unpaired) electrons. The average Bonchev–Trinajstić information content (AvgIpc) is 2.86. The van der Waals surface area contributed by atoms with Crippen LogP contribution in [-0.2, 0) is 0 Å². The third-order valence-corrected chi connectivity index (χ3v) is 3.27. The van der Waals surface area contributed by atoms with E-state index in [2.05, 4.69) is 15.5 Å². The fraction of sp³-hybridized carbons (Fsp3) is 0.0714. The molecule has 1 heterocycles. The predicted molar refractivity (Wildman–Crippen MR) is 78.7 cm³/mol. The van der Waals surface area contributed by atoms with Gasteiger partial charge in [0.1, 0.15) is 11.5 Å². The van der Waals surface area contributed by atoms with Crippen molar-refractivity contribution in [3.8, 4) is 17.1 Å². The Morgan fingerprint density at radius 3 is 2.76 bits per heavy atom. The van der Waals surface area contributed by atoms with Gasteiger partial charge in [-0.1, -0.05) is 23.7 Å². The van der Waals surface area contributed by atoms with Crippen LogP contribution < -0.4 is 5.73 Å². The summed E-state index contributed by atoms with van der Waals surface area (Å²) in [6, 6.07) is 9.76. The van der Waals surface area contributed by atoms with Crippen LogP contribution in [0, 0.1) is 12.7 Å². The molecule has 0 saturated heterocycles. The summed E-state index contributed by atoms with van der Waals surface area (Å²) in [4.78, 5) is 0. The minimum atomic E-state index is -0.404. The van der Waals surface area contributed by atoms with Gasteiger partial charge in [-0.05, 0) is 47.2 Å². The number of aromatic nitrogens is 4. The molecule has 5 nitrogen and oxygen atoms in total. The smallest absolute Gasteiger partial charge is 0.187 e. The summed E-state index contributed by atoms with van der Waals surface area (Å²) in [7, 11) is 0. The zero-order chi connectivity index (χ0) is 15.0. The van der Waals surface area contributed by atoms with Crippen molar-refractivity contribution in [1.82, 2.24) is 20.2 Å². The van der Waals surface area contributed by atoms with Gasteiger partial charge in [-0.25, -0.2) is 4.39 Å². The van der Waals surface area contributed by atoms with E-state index in [0.29, 0.717) is 27.8 Å². The Bertz CT molecular complexity index is 774. The second-order valence-electron chi connectivity index (χ2n) is 4.59. The molecule has 0 bridgehead atoms. The maximum Gasteiger partial charge on any atom is 0.187 e. The summed E-state index contributed by atoms with van der Waals surface area (Å²) in [6.07, 6.45) is 0. The molecule has 7 heteroatoms. The van der Waals surface area contributed by atoms with Gasteiger partial charge in [0.2, 0.25) is 0 Å². The van der Waals surface area contributed by atoms with Gasteiger partial charge in [-0.3, -0.25) is 0 Å². The van der Waals surface area contributed by atoms with Crippen molar-refractivity contribution >= 4 is 17.3 Å². The van der Waals surface area contributed by atoms with E-state index in [9.17, 15) is 4.39 Å². The molecule has 106 valence electrons. The molecule has 3 aromatic rings. The fourth-order valence-corrected chi connectivity index (χ4v) is 2.39. The summed E-state index contributed by atoms with van der Waals surface area (Å²) in [5, 5.41) is 11.9. The Balaban J connectivity index is 2.22. The minimum Gasteiger partial charge on any atom is -0.399 e. The van der Waals surface area contributed by atoms with Gasteiger partial charge >= 0.3 is 0 Å². The number of hydrogen-bond donors (Lipinski definition) is 1. The summed E-state index contributed by atoms with van der Waals surface area (Å²) >= 11 is 6.00. The lowest BCUT2D eigenvalue weighted by Crippen LogP contribution is -2.05. The van der Waals surface area contributed by atoms with Crippen molar-refractivity contribution in [2.45, 2.75) is 6.92 Å². The van der Waals surface area contributed by atoms with Crippen molar-refractivity contribution in [3.63, 3.8) is 0 Å². The molecule has 0 unspecified atom stereocenters. The normalized spacial score (nSPS) is 10.8. The first kappa shape index (κ1) is 13.5. The molecule has 3 rings (SSSR count). The Morgan fingerprint density at radius 2 is 2.05 bits per heavy atom. The molecular weight excluding hydrogens is 293 g/mol. The first-order chi connectivity index (χ1) is 10.1. The second kappa shape index (κ2) is 5.14. The molecule has 0 atom stereocenters. The van der Waals surface area contributed by atoms with Gasteiger partial charge in [0.15, 0.2) is 5.82 Å². The van der Waals surface area contributed by atoms with Crippen molar-refractivity contribution in [3.05, 3.63) is 52.8 Å². The third-order valence-electron chi connectivity index (χ3n) is 3.05. The van der Waals surface area contributed by atoms with E-state index < -0.39 is 5.82 Å². The van der Waals surface area contributed by atoms with Gasteiger partial charge in [-0.15, -0.1) is 5.10 Å². The highest BCUT2D eigenvalue weighted by Crippen LogP contribution is 2.27. The van der Waals surface area contributed by atoms with Crippen LogP contribution in [0.2, 0.25) is 5.02 Å². The number of aryl methyl sites for hydroxylation is 1. The number of para-hydroxylation sites is 1. The first-order valence-electron chi connectivity index (χ1n) is 6.16. The molecule has 0 spiro atoms. The van der Waals surface area contributed by atoms with Crippen LogP contribution in [0.4, 0.5) is 10.1 Å². The topological polar surface area (TPSA) is 69.6 Å². The molecule has 0 aliphatic heterocycles. The zero-order valence-electron chi connectivity index (χ0n) is 11.1. The Morgan fingerprint density at radius 1 is 1.24 bits per heavy atom. The fourth-order valence-electron chi connectivity index (χ4n) is 2.15. The van der Waals surface area contributed by atoms with E-state index in [4.69, 9.17) is 17.3 Å². The van der Waals surface area contributed by atoms with E-state index in [1.165, 1.54) is 10.7 Å². The molecule has 2 aromatic carbocycles. The van der Waals surface area contributed by atoms with E-state index in [1.807, 2.05) is 0 Å². The molecular formula is C14H11ClFN5. The largest absolute Gasteiger partial charge is 0.399 e. The number of benzene rings is 2. The van der Waals surface area contributed by atoms with Crippen LogP contribution in [0.5, 0.6) is 0 Å². The Kier molecular flexibility index (Phi) is 3.31. The molecule has 0 aliphatic rings. The van der Waals surface area contributed by atoms with Crippen molar-refractivity contribution in [2.24, 2.45) is 0 Å². The van der Waals surface area contributed by atoms with Crippen LogP contribution in [-0.4, -0.2) is 20.2 Å². The average molecular weight is 304 g/mol. The first-order valence-corrected chi connectivity index (χ1v) is 6.54. The van der Waals surface area contributed by atoms with Crippen LogP contribution in [0.3, 0.4) is 0 Å². The van der Waals surface area contributed by atoms with Crippen LogP contribution in [0.1, 0.15) is 5.56 Å². The maximum absolute atomic E-state index is 14.1. The predicted octanol–water partition coefficient (Wildman–Crippen LogP) is 3.01. The zero-order valence-corrected chi connectivity index (χ0v) is 11.8. The quantitative estimate of drug-likeness (QED) is 0.739. The third kappa shape index (κ3) is 2.45. The maximum atomic E-state index is 14.1. The van der Waals surface area contributed by atoms with Crippen molar-refractivity contribution in [1.29, 1.82) is 0 Å². The van der Waals surface area contributed by atoms with E-state index in [0.717, 1.165) is 5.56 Å². The lowest BCUT2D eigenvalue weighted by molar-refractivity contribution is 0.606. The highest BCUT2D eigenvalue weighted by molar-refractivity contribution is 6.31. The molecule has 1 aromatic heterocycles. The van der Waals surface area contributed by atoms with Gasteiger partial charge in [0.05, 0.1) is 0 Å². The number of nitrogens with zero attached hydrogens (tertiary/aromatic N) is 4. The monoisotopic (exact) mass is 303 g/mol. The summed E-state index contributed by atoms with van der Waals surface area (Å²) in [5.74, 6) is -0.0315. The SMILES string of the molecule is Cc1cccc(F)c1-n1nnnc1-c1cc(N)cc(Cl)c1. The van der Waals surface area contributed by atoms with Gasteiger partial charge < -0.3 is 5.73 Å². The van der Waals surface area contributed by atoms with E-state index >= 15 is 0 Å². The number of halogens is 2. The van der Waals surface area contributed by atoms with Crippen molar-refractivity contribution < 1.29 is 4.39 Å². The van der Waals surface area contributed by atoms with E-state index in [-0.39, 0.29) is 0 Å². The van der Waals surface area contributed by atoms with Crippen LogP contribution in [0.25, 0.3) is 17.1 Å². The lowest BCUT2D eigenvalue weighted by Gasteiger charge is -2.09. The molecule has 0 fully saturated rings. The number of nitrogens with two attached hydrogens (primary N) is 1. The number of nitrogen functional groups attached to an aromatic ring is 1. The summed E-state index contributed by atoms with van der Waals surface area (Å²) in [5.41, 5.74) is 7.90. The summed E-state index contributed by atoms with van der Waals surface area (Å²) < 4.78 is 15.4. The van der Waals surface area contributed by atoms with Gasteiger partial charge in [0.25, 0.3) is 0 Å². The summed E-state index contributed by atoms with van der Waals surface area (Å²) in [6.45, 7) is 1.79. The minimum absolute atomic E-state index is 0.302. The molecule has 0 saturated carbocycles.